The van der Waals surface area contributed by atoms with Gasteiger partial charge in [-0.15, -0.1) is 0 Å². The van der Waals surface area contributed by atoms with Gasteiger partial charge in [-0.1, -0.05) is 117 Å². The highest BCUT2D eigenvalue weighted by molar-refractivity contribution is 5.88. The Morgan fingerprint density at radius 2 is 1.60 bits per heavy atom. The number of benzene rings is 3. The van der Waals surface area contributed by atoms with Gasteiger partial charge in [0.25, 0.3) is 0 Å². The number of unbranched alkanes of at least 4 members (excludes halogenated alkanes) is 1. The number of carbonyl (C=O) groups excluding carboxylic acids is 1. The van der Waals surface area contributed by atoms with Gasteiger partial charge in [0, 0.05) is 49.9 Å². The summed E-state index contributed by atoms with van der Waals surface area (Å²) in [6.07, 6.45) is 10.3. The topological polar surface area (TPSA) is 50.2 Å². The Morgan fingerprint density at radius 1 is 0.929 bits per heavy atom. The van der Waals surface area contributed by atoms with Crippen molar-refractivity contribution in [2.45, 2.75) is 53.2 Å². The van der Waals surface area contributed by atoms with Gasteiger partial charge in [0.1, 0.15) is 5.82 Å². The molecule has 4 aromatic rings. The first-order valence-electron chi connectivity index (χ1n) is 14.7. The third-order valence-electron chi connectivity index (χ3n) is 7.00. The van der Waals surface area contributed by atoms with Crippen LogP contribution in [0.15, 0.2) is 121 Å². The minimum atomic E-state index is -0.0726. The van der Waals surface area contributed by atoms with Crippen molar-refractivity contribution in [3.63, 3.8) is 0 Å². The van der Waals surface area contributed by atoms with Crippen LogP contribution in [0.3, 0.4) is 0 Å². The van der Waals surface area contributed by atoms with Gasteiger partial charge in [-0.3, -0.25) is 9.69 Å². The molecule has 0 atom stereocenters. The Morgan fingerprint density at radius 3 is 2.21 bits per heavy atom. The highest BCUT2D eigenvalue weighted by atomic mass is 16.1. The molecule has 0 unspecified atom stereocenters. The van der Waals surface area contributed by atoms with Crippen LogP contribution < -0.4 is 5.32 Å². The molecule has 0 saturated carbocycles. The number of carbonyl (C=O) groups is 1. The summed E-state index contributed by atoms with van der Waals surface area (Å²) in [5.74, 6) is 0.931. The second kappa shape index (κ2) is 15.5. The van der Waals surface area contributed by atoms with E-state index in [2.05, 4.69) is 95.0 Å². The van der Waals surface area contributed by atoms with Crippen LogP contribution >= 0.6 is 0 Å². The van der Waals surface area contributed by atoms with Gasteiger partial charge >= 0.3 is 0 Å². The molecule has 0 aliphatic rings. The maximum absolute atomic E-state index is 11.5. The summed E-state index contributed by atoms with van der Waals surface area (Å²) in [4.78, 5) is 19.2. The summed E-state index contributed by atoms with van der Waals surface area (Å²) in [6.45, 7) is 13.2. The van der Waals surface area contributed by atoms with Gasteiger partial charge in [-0.2, -0.15) is 0 Å². The van der Waals surface area contributed by atoms with Crippen molar-refractivity contribution in [1.29, 1.82) is 0 Å². The van der Waals surface area contributed by atoms with Crippen molar-refractivity contribution in [2.75, 3.05) is 11.9 Å². The number of hydrogen-bond donors (Lipinski definition) is 1. The highest BCUT2D eigenvalue weighted by Gasteiger charge is 2.22. The lowest BCUT2D eigenvalue weighted by molar-refractivity contribution is -0.114. The maximum Gasteiger partial charge on any atom is 0.221 e. The molecule has 0 spiro atoms. The predicted octanol–water partition coefficient (Wildman–Crippen LogP) is 8.67. The van der Waals surface area contributed by atoms with E-state index in [1.54, 1.807) is 0 Å². The van der Waals surface area contributed by atoms with E-state index in [0.29, 0.717) is 13.1 Å². The molecule has 1 amide bonds. The molecule has 42 heavy (non-hydrogen) atoms. The van der Waals surface area contributed by atoms with E-state index in [4.69, 9.17) is 4.98 Å². The van der Waals surface area contributed by atoms with Gasteiger partial charge in [-0.05, 0) is 36.6 Å². The molecule has 0 saturated heterocycles. The predicted molar refractivity (Wildman–Crippen MR) is 176 cm³/mol. The minimum Gasteiger partial charge on any atom is -0.326 e. The van der Waals surface area contributed by atoms with Crippen LogP contribution in [-0.4, -0.2) is 26.9 Å². The highest BCUT2D eigenvalue weighted by Crippen LogP contribution is 2.31. The maximum atomic E-state index is 11.5. The number of allylic oxidation sites excluding steroid dienone is 3. The molecule has 0 aliphatic carbocycles. The summed E-state index contributed by atoms with van der Waals surface area (Å²) in [5.41, 5.74) is 7.46. The van der Waals surface area contributed by atoms with Crippen LogP contribution in [0.5, 0.6) is 0 Å². The molecule has 216 valence electrons. The molecule has 3 aromatic carbocycles. The molecule has 0 radical (unpaired) electrons. The van der Waals surface area contributed by atoms with E-state index in [1.807, 2.05) is 49.4 Å². The molecular weight excluding hydrogens is 516 g/mol. The Kier molecular flexibility index (Phi) is 11.2. The molecule has 4 rings (SSSR count). The van der Waals surface area contributed by atoms with Crippen LogP contribution in [0.4, 0.5) is 5.69 Å². The Balaban J connectivity index is 1.77. The fourth-order valence-corrected chi connectivity index (χ4v) is 5.02. The standard InChI is InChI=1S/C37H42N4O/c1-5-7-11-16-29(3)26-40(27-31-21-23-34(24-22-31)38-30(4)42)28-35-36(32-17-12-9-13-18-32)39-37(41(35)25-8-6-2)33-19-14-10-15-20-33/h5,7,9-24H,3,6,8,25-28H2,1-2,4H3,(H,38,42)/b7-5-,16-11-. The zero-order valence-electron chi connectivity index (χ0n) is 25.1. The van der Waals surface area contributed by atoms with Crippen LogP contribution in [0.25, 0.3) is 22.6 Å². The lowest BCUT2D eigenvalue weighted by atomic mass is 10.1. The quantitative estimate of drug-likeness (QED) is 0.158. The molecule has 5 heteroatoms. The van der Waals surface area contributed by atoms with Crippen molar-refractivity contribution in [2.24, 2.45) is 0 Å². The van der Waals surface area contributed by atoms with Crippen molar-refractivity contribution in [3.8, 4) is 22.6 Å². The Labute approximate surface area is 250 Å². The molecule has 1 aromatic heterocycles. The number of aromatic nitrogens is 2. The molecular formula is C37H42N4O. The second-order valence-electron chi connectivity index (χ2n) is 10.5. The Hall–Kier alpha value is -4.48. The fraction of sp³-hybridized carbons (Fsp3) is 0.243. The summed E-state index contributed by atoms with van der Waals surface area (Å²) in [6, 6.07) is 29.1. The molecule has 0 aliphatic heterocycles. The third kappa shape index (κ3) is 8.51. The Bertz CT molecular complexity index is 1500. The lowest BCUT2D eigenvalue weighted by Crippen LogP contribution is -2.26. The largest absolute Gasteiger partial charge is 0.326 e. The van der Waals surface area contributed by atoms with E-state index in [1.165, 1.54) is 18.2 Å². The van der Waals surface area contributed by atoms with Gasteiger partial charge in [0.15, 0.2) is 0 Å². The third-order valence-corrected chi connectivity index (χ3v) is 7.00. The van der Waals surface area contributed by atoms with Crippen LogP contribution in [0, 0.1) is 0 Å². The summed E-state index contributed by atoms with van der Waals surface area (Å²) in [7, 11) is 0. The average Bonchev–Trinajstić information content (AvgIpc) is 3.35. The number of imidazole rings is 1. The van der Waals surface area contributed by atoms with Gasteiger partial charge in [0.05, 0.1) is 11.4 Å². The van der Waals surface area contributed by atoms with E-state index in [-0.39, 0.29) is 5.91 Å². The van der Waals surface area contributed by atoms with Crippen LogP contribution in [0.1, 0.15) is 44.9 Å². The van der Waals surface area contributed by atoms with E-state index < -0.39 is 0 Å². The smallest absolute Gasteiger partial charge is 0.221 e. The van der Waals surface area contributed by atoms with Crippen molar-refractivity contribution in [1.82, 2.24) is 14.5 Å². The fourth-order valence-electron chi connectivity index (χ4n) is 5.02. The van der Waals surface area contributed by atoms with Crippen LogP contribution in [-0.2, 0) is 24.4 Å². The molecule has 1 N–H and O–H groups in total. The van der Waals surface area contributed by atoms with Crippen molar-refractivity contribution < 1.29 is 4.79 Å². The zero-order chi connectivity index (χ0) is 29.7. The number of amides is 1. The van der Waals surface area contributed by atoms with Crippen LogP contribution in [0.2, 0.25) is 0 Å². The first kappa shape index (κ1) is 30.5. The zero-order valence-corrected chi connectivity index (χ0v) is 25.1. The van der Waals surface area contributed by atoms with E-state index >= 15 is 0 Å². The lowest BCUT2D eigenvalue weighted by Gasteiger charge is -2.25. The number of rotatable bonds is 14. The molecule has 0 fully saturated rings. The SMILES string of the molecule is C=C(/C=C\C=C/C)CN(Cc1ccc(NC(C)=O)cc1)Cc1c(-c2ccccc2)nc(-c2ccccc2)n1CCCC. The number of nitrogens with one attached hydrogen (secondary N) is 1. The first-order chi connectivity index (χ1) is 20.5. The van der Waals surface area contributed by atoms with E-state index in [9.17, 15) is 4.79 Å². The van der Waals surface area contributed by atoms with Gasteiger partial charge in [0.2, 0.25) is 5.91 Å². The number of nitrogens with zero attached hydrogens (tertiary/aromatic N) is 3. The second-order valence-corrected chi connectivity index (χ2v) is 10.5. The number of hydrogen-bond acceptors (Lipinski definition) is 3. The minimum absolute atomic E-state index is 0.0726. The first-order valence-corrected chi connectivity index (χ1v) is 14.7. The summed E-state index contributed by atoms with van der Waals surface area (Å²) in [5, 5.41) is 2.86. The van der Waals surface area contributed by atoms with Gasteiger partial charge < -0.3 is 9.88 Å². The molecule has 0 bridgehead atoms. The molecule has 5 nitrogen and oxygen atoms in total. The average molecular weight is 559 g/mol. The summed E-state index contributed by atoms with van der Waals surface area (Å²) >= 11 is 0. The molecule has 1 heterocycles. The van der Waals surface area contributed by atoms with E-state index in [0.717, 1.165) is 59.8 Å². The van der Waals surface area contributed by atoms with Crippen molar-refractivity contribution in [3.05, 3.63) is 133 Å². The van der Waals surface area contributed by atoms with Gasteiger partial charge in [-0.25, -0.2) is 4.98 Å². The monoisotopic (exact) mass is 558 g/mol. The van der Waals surface area contributed by atoms with Crippen molar-refractivity contribution >= 4 is 11.6 Å². The normalized spacial score (nSPS) is 11.5. The summed E-state index contributed by atoms with van der Waals surface area (Å²) < 4.78 is 2.42. The number of anilines is 1.